The van der Waals surface area contributed by atoms with E-state index in [0.717, 1.165) is 5.52 Å². The van der Waals surface area contributed by atoms with Crippen molar-refractivity contribution in [2.45, 2.75) is 0 Å². The van der Waals surface area contributed by atoms with Crippen molar-refractivity contribution in [3.05, 3.63) is 33.9 Å². The van der Waals surface area contributed by atoms with Crippen LogP contribution in [0.1, 0.15) is 10.4 Å². The van der Waals surface area contributed by atoms with Gasteiger partial charge in [-0.3, -0.25) is 0 Å². The van der Waals surface area contributed by atoms with Crippen LogP contribution in [0, 0.1) is 0 Å². The molecule has 3 nitrogen and oxygen atoms in total. The third kappa shape index (κ3) is 1.58. The fraction of sp³-hybridized carbons (Fsp3) is 0.100. The number of hydrogen-bond acceptors (Lipinski definition) is 2. The standard InChI is InChI=1S/C10H7Cl2NO2/c1-15-10(14)5-4-13-7-3-2-6(11)9(12)8(5)7/h2-4,13H,1H3. The molecule has 1 heterocycles. The summed E-state index contributed by atoms with van der Waals surface area (Å²) in [6.07, 6.45) is 1.55. The van der Waals surface area contributed by atoms with Crippen LogP contribution in [-0.2, 0) is 4.74 Å². The Balaban J connectivity index is 2.77. The summed E-state index contributed by atoms with van der Waals surface area (Å²) in [7, 11) is 1.32. The number of halogens is 2. The molecule has 1 N–H and O–H groups in total. The Morgan fingerprint density at radius 1 is 1.40 bits per heavy atom. The van der Waals surface area contributed by atoms with Crippen LogP contribution in [0.15, 0.2) is 18.3 Å². The third-order valence-corrected chi connectivity index (χ3v) is 2.95. The minimum atomic E-state index is -0.439. The second-order valence-corrected chi connectivity index (χ2v) is 3.76. The van der Waals surface area contributed by atoms with Gasteiger partial charge >= 0.3 is 5.97 Å². The Bertz CT molecular complexity index is 533. The van der Waals surface area contributed by atoms with E-state index in [9.17, 15) is 4.79 Å². The molecule has 78 valence electrons. The predicted octanol–water partition coefficient (Wildman–Crippen LogP) is 3.26. The van der Waals surface area contributed by atoms with Crippen LogP contribution >= 0.6 is 23.2 Å². The van der Waals surface area contributed by atoms with Gasteiger partial charge in [-0.05, 0) is 12.1 Å². The molecule has 0 aliphatic heterocycles. The number of H-pyrrole nitrogens is 1. The quantitative estimate of drug-likeness (QED) is 0.782. The molecule has 0 spiro atoms. The normalized spacial score (nSPS) is 10.6. The van der Waals surface area contributed by atoms with Crippen LogP contribution < -0.4 is 0 Å². The molecule has 0 radical (unpaired) electrons. The number of aromatic amines is 1. The lowest BCUT2D eigenvalue weighted by Crippen LogP contribution is -1.99. The first kappa shape index (κ1) is 10.3. The van der Waals surface area contributed by atoms with E-state index in [-0.39, 0.29) is 0 Å². The van der Waals surface area contributed by atoms with Crippen molar-refractivity contribution in [3.8, 4) is 0 Å². The van der Waals surface area contributed by atoms with Gasteiger partial charge in [0.1, 0.15) is 0 Å². The first-order chi connectivity index (χ1) is 7.15. The monoisotopic (exact) mass is 243 g/mol. The highest BCUT2D eigenvalue weighted by molar-refractivity contribution is 6.45. The molecule has 5 heteroatoms. The van der Waals surface area contributed by atoms with Crippen molar-refractivity contribution in [1.82, 2.24) is 4.98 Å². The zero-order valence-electron chi connectivity index (χ0n) is 7.80. The van der Waals surface area contributed by atoms with Gasteiger partial charge in [-0.1, -0.05) is 23.2 Å². The summed E-state index contributed by atoms with van der Waals surface area (Å²) < 4.78 is 4.64. The third-order valence-electron chi connectivity index (χ3n) is 2.14. The Morgan fingerprint density at radius 3 is 2.80 bits per heavy atom. The minimum absolute atomic E-state index is 0.357. The minimum Gasteiger partial charge on any atom is -0.465 e. The first-order valence-corrected chi connectivity index (χ1v) is 4.94. The lowest BCUT2D eigenvalue weighted by Gasteiger charge is -2.00. The van der Waals surface area contributed by atoms with Gasteiger partial charge in [0.25, 0.3) is 0 Å². The molecule has 0 saturated heterocycles. The van der Waals surface area contributed by atoms with Crippen molar-refractivity contribution >= 4 is 40.1 Å². The smallest absolute Gasteiger partial charge is 0.340 e. The van der Waals surface area contributed by atoms with Crippen LogP contribution in [0.3, 0.4) is 0 Å². The van der Waals surface area contributed by atoms with Crippen molar-refractivity contribution in [3.63, 3.8) is 0 Å². The number of carbonyl (C=O) groups is 1. The summed E-state index contributed by atoms with van der Waals surface area (Å²) in [6, 6.07) is 3.43. The number of benzene rings is 1. The van der Waals surface area contributed by atoms with Crippen LogP contribution in [0.25, 0.3) is 10.9 Å². The van der Waals surface area contributed by atoms with Gasteiger partial charge in [-0.15, -0.1) is 0 Å². The molecule has 1 aromatic carbocycles. The molecule has 1 aromatic heterocycles. The van der Waals surface area contributed by atoms with Gasteiger partial charge in [0, 0.05) is 17.1 Å². The summed E-state index contributed by atoms with van der Waals surface area (Å²) in [4.78, 5) is 14.3. The molecule has 0 saturated carbocycles. The van der Waals surface area contributed by atoms with E-state index < -0.39 is 5.97 Å². The van der Waals surface area contributed by atoms with E-state index in [1.54, 1.807) is 18.3 Å². The topological polar surface area (TPSA) is 42.1 Å². The van der Waals surface area contributed by atoms with Crippen LogP contribution in [0.5, 0.6) is 0 Å². The summed E-state index contributed by atoms with van der Waals surface area (Å²) >= 11 is 11.9. The summed E-state index contributed by atoms with van der Waals surface area (Å²) in [5.74, 6) is -0.439. The number of esters is 1. The second-order valence-electron chi connectivity index (χ2n) is 2.98. The summed E-state index contributed by atoms with van der Waals surface area (Å²) in [5.41, 5.74) is 1.14. The van der Waals surface area contributed by atoms with Crippen molar-refractivity contribution in [2.75, 3.05) is 7.11 Å². The maximum absolute atomic E-state index is 11.4. The highest BCUT2D eigenvalue weighted by Gasteiger charge is 2.16. The van der Waals surface area contributed by atoms with Gasteiger partial charge in [0.15, 0.2) is 0 Å². The fourth-order valence-corrected chi connectivity index (χ4v) is 1.85. The largest absolute Gasteiger partial charge is 0.465 e. The molecule has 0 fully saturated rings. The molecule has 2 rings (SSSR count). The Hall–Kier alpha value is -1.19. The Morgan fingerprint density at radius 2 is 2.13 bits per heavy atom. The van der Waals surface area contributed by atoms with Gasteiger partial charge in [-0.25, -0.2) is 4.79 Å². The van der Waals surface area contributed by atoms with Gasteiger partial charge in [0.05, 0.1) is 22.7 Å². The van der Waals surface area contributed by atoms with Gasteiger partial charge in [-0.2, -0.15) is 0 Å². The molecule has 0 amide bonds. The lowest BCUT2D eigenvalue weighted by atomic mass is 10.2. The molecule has 2 aromatic rings. The Kier molecular flexibility index (Phi) is 2.59. The van der Waals surface area contributed by atoms with Crippen molar-refractivity contribution in [1.29, 1.82) is 0 Å². The molecule has 15 heavy (non-hydrogen) atoms. The summed E-state index contributed by atoms with van der Waals surface area (Å²) in [5, 5.41) is 1.36. The zero-order chi connectivity index (χ0) is 11.0. The maximum Gasteiger partial charge on any atom is 0.340 e. The van der Waals surface area contributed by atoms with Crippen LogP contribution in [0.2, 0.25) is 10.0 Å². The fourth-order valence-electron chi connectivity index (χ4n) is 1.43. The van der Waals surface area contributed by atoms with Crippen molar-refractivity contribution in [2.24, 2.45) is 0 Å². The Labute approximate surface area is 95.9 Å². The molecule has 0 unspecified atom stereocenters. The lowest BCUT2D eigenvalue weighted by molar-refractivity contribution is 0.0603. The van der Waals surface area contributed by atoms with E-state index in [2.05, 4.69) is 9.72 Å². The number of rotatable bonds is 1. The number of fused-ring (bicyclic) bond motifs is 1. The zero-order valence-corrected chi connectivity index (χ0v) is 9.32. The van der Waals surface area contributed by atoms with Crippen LogP contribution in [0.4, 0.5) is 0 Å². The number of carbonyl (C=O) groups excluding carboxylic acids is 1. The molecule has 0 aliphatic rings. The highest BCUT2D eigenvalue weighted by atomic mass is 35.5. The predicted molar refractivity (Wildman–Crippen MR) is 59.7 cm³/mol. The maximum atomic E-state index is 11.4. The van der Waals surface area contributed by atoms with Gasteiger partial charge in [0.2, 0.25) is 0 Å². The molecular formula is C10H7Cl2NO2. The molecule has 0 bridgehead atoms. The second kappa shape index (κ2) is 3.76. The van der Waals surface area contributed by atoms with E-state index in [4.69, 9.17) is 23.2 Å². The summed E-state index contributed by atoms with van der Waals surface area (Å²) in [6.45, 7) is 0. The number of aromatic nitrogens is 1. The highest BCUT2D eigenvalue weighted by Crippen LogP contribution is 2.32. The van der Waals surface area contributed by atoms with Crippen molar-refractivity contribution < 1.29 is 9.53 Å². The number of hydrogen-bond donors (Lipinski definition) is 1. The number of nitrogens with one attached hydrogen (secondary N) is 1. The average molecular weight is 244 g/mol. The van der Waals surface area contributed by atoms with Crippen LogP contribution in [-0.4, -0.2) is 18.1 Å². The molecule has 0 atom stereocenters. The first-order valence-electron chi connectivity index (χ1n) is 4.18. The average Bonchev–Trinajstić information content (AvgIpc) is 2.67. The number of methoxy groups -OCH3 is 1. The number of ether oxygens (including phenoxy) is 1. The SMILES string of the molecule is COC(=O)c1c[nH]c2ccc(Cl)c(Cl)c12. The molecular weight excluding hydrogens is 237 g/mol. The van der Waals surface area contributed by atoms with Gasteiger partial charge < -0.3 is 9.72 Å². The van der Waals surface area contributed by atoms with E-state index >= 15 is 0 Å². The van der Waals surface area contributed by atoms with E-state index in [0.29, 0.717) is 21.0 Å². The molecule has 0 aliphatic carbocycles. The van der Waals surface area contributed by atoms with E-state index in [1.165, 1.54) is 7.11 Å². The van der Waals surface area contributed by atoms with E-state index in [1.807, 2.05) is 0 Å².